The number of halogens is 1. The Balaban J connectivity index is 2.76. The zero-order valence-corrected chi connectivity index (χ0v) is 12.2. The first-order valence-electron chi connectivity index (χ1n) is 5.88. The summed E-state index contributed by atoms with van der Waals surface area (Å²) >= 11 is 5.85. The number of urea groups is 1. The number of benzene rings is 1. The summed E-state index contributed by atoms with van der Waals surface area (Å²) in [4.78, 5) is 22.6. The number of hydrogen-bond donors (Lipinski definition) is 3. The van der Waals surface area contributed by atoms with Crippen molar-refractivity contribution in [2.24, 2.45) is 0 Å². The first-order chi connectivity index (χ1) is 9.23. The molecule has 0 aliphatic carbocycles. The lowest BCUT2D eigenvalue weighted by atomic mass is 10.0. The summed E-state index contributed by atoms with van der Waals surface area (Å²) in [6, 6.07) is 4.28. The summed E-state index contributed by atoms with van der Waals surface area (Å²) in [6.07, 6.45) is -0.187. The molecule has 0 saturated heterocycles. The van der Waals surface area contributed by atoms with Gasteiger partial charge in [0.2, 0.25) is 0 Å². The molecule has 1 aromatic rings. The molecular formula is C13H17ClN2O4. The monoisotopic (exact) mass is 300 g/mol. The molecule has 0 bridgehead atoms. The molecule has 0 spiro atoms. The van der Waals surface area contributed by atoms with Crippen LogP contribution in [0.4, 0.5) is 10.5 Å². The SMILES string of the molecule is COc1ccc(Cl)cc1NC(=O)NC(C)(C)CC(=O)O. The highest BCUT2D eigenvalue weighted by atomic mass is 35.5. The summed E-state index contributed by atoms with van der Waals surface area (Å²) in [5, 5.41) is 14.4. The molecule has 0 atom stereocenters. The largest absolute Gasteiger partial charge is 0.495 e. The lowest BCUT2D eigenvalue weighted by Crippen LogP contribution is -2.46. The van der Waals surface area contributed by atoms with Crippen LogP contribution < -0.4 is 15.4 Å². The number of carboxylic acids is 1. The van der Waals surface area contributed by atoms with Crippen molar-refractivity contribution in [3.8, 4) is 5.75 Å². The maximum atomic E-state index is 11.9. The lowest BCUT2D eigenvalue weighted by molar-refractivity contribution is -0.138. The van der Waals surface area contributed by atoms with Crippen LogP contribution in [-0.4, -0.2) is 29.8 Å². The van der Waals surface area contributed by atoms with E-state index in [0.717, 1.165) is 0 Å². The van der Waals surface area contributed by atoms with Gasteiger partial charge >= 0.3 is 12.0 Å². The van der Waals surface area contributed by atoms with Crippen molar-refractivity contribution < 1.29 is 19.4 Å². The van der Waals surface area contributed by atoms with E-state index in [1.54, 1.807) is 32.0 Å². The average molecular weight is 301 g/mol. The van der Waals surface area contributed by atoms with E-state index < -0.39 is 17.5 Å². The Kier molecular flexibility index (Phi) is 5.21. The van der Waals surface area contributed by atoms with E-state index in [9.17, 15) is 9.59 Å². The number of hydrogen-bond acceptors (Lipinski definition) is 3. The fourth-order valence-corrected chi connectivity index (χ4v) is 1.83. The molecule has 0 aliphatic heterocycles. The van der Waals surface area contributed by atoms with Crippen molar-refractivity contribution in [2.75, 3.05) is 12.4 Å². The van der Waals surface area contributed by atoms with Gasteiger partial charge in [-0.25, -0.2) is 4.79 Å². The van der Waals surface area contributed by atoms with Crippen LogP contribution in [0.1, 0.15) is 20.3 Å². The van der Waals surface area contributed by atoms with Gasteiger partial charge < -0.3 is 20.5 Å². The summed E-state index contributed by atoms with van der Waals surface area (Å²) in [7, 11) is 1.47. The van der Waals surface area contributed by atoms with E-state index in [2.05, 4.69) is 10.6 Å². The van der Waals surface area contributed by atoms with Crippen molar-refractivity contribution >= 4 is 29.3 Å². The highest BCUT2D eigenvalue weighted by Crippen LogP contribution is 2.27. The number of ether oxygens (including phenoxy) is 1. The minimum absolute atomic E-state index is 0.187. The van der Waals surface area contributed by atoms with Gasteiger partial charge in [0.05, 0.1) is 19.2 Å². The predicted molar refractivity (Wildman–Crippen MR) is 76.5 cm³/mol. The number of nitrogens with one attached hydrogen (secondary N) is 2. The molecule has 3 N–H and O–H groups in total. The van der Waals surface area contributed by atoms with E-state index in [-0.39, 0.29) is 6.42 Å². The standard InChI is InChI=1S/C13H17ClN2O4/c1-13(2,7-11(17)18)16-12(19)15-9-6-8(14)4-5-10(9)20-3/h4-6H,7H2,1-3H3,(H,17,18)(H2,15,16,19). The molecule has 0 saturated carbocycles. The third kappa shape index (κ3) is 4.97. The average Bonchev–Trinajstić information content (AvgIpc) is 2.26. The Bertz CT molecular complexity index is 517. The Labute approximate surface area is 122 Å². The maximum Gasteiger partial charge on any atom is 0.319 e. The molecule has 6 nitrogen and oxygen atoms in total. The quantitative estimate of drug-likeness (QED) is 0.780. The zero-order valence-electron chi connectivity index (χ0n) is 11.5. The van der Waals surface area contributed by atoms with Crippen LogP contribution in [0.3, 0.4) is 0 Å². The maximum absolute atomic E-state index is 11.9. The van der Waals surface area contributed by atoms with Crippen LogP contribution in [0, 0.1) is 0 Å². The molecule has 0 unspecified atom stereocenters. The van der Waals surface area contributed by atoms with Crippen molar-refractivity contribution in [2.45, 2.75) is 25.8 Å². The summed E-state index contributed by atoms with van der Waals surface area (Å²) in [6.45, 7) is 3.24. The first-order valence-corrected chi connectivity index (χ1v) is 6.26. The number of amides is 2. The molecule has 7 heteroatoms. The molecule has 0 radical (unpaired) electrons. The minimum atomic E-state index is -0.990. The van der Waals surface area contributed by atoms with E-state index in [4.69, 9.17) is 21.4 Å². The molecule has 1 aromatic carbocycles. The number of carbonyl (C=O) groups excluding carboxylic acids is 1. The Morgan fingerprint density at radius 2 is 2.05 bits per heavy atom. The summed E-state index contributed by atoms with van der Waals surface area (Å²) in [5.41, 5.74) is -0.467. The molecule has 2 amide bonds. The normalized spacial score (nSPS) is 10.8. The Morgan fingerprint density at radius 3 is 2.60 bits per heavy atom. The molecule has 110 valence electrons. The number of carbonyl (C=O) groups is 2. The highest BCUT2D eigenvalue weighted by Gasteiger charge is 2.24. The van der Waals surface area contributed by atoms with Gasteiger partial charge in [-0.05, 0) is 32.0 Å². The molecule has 1 rings (SSSR count). The van der Waals surface area contributed by atoms with Crippen molar-refractivity contribution in [3.05, 3.63) is 23.2 Å². The Morgan fingerprint density at radius 1 is 1.40 bits per heavy atom. The number of aliphatic carboxylic acids is 1. The second-order valence-corrected chi connectivity index (χ2v) is 5.31. The number of methoxy groups -OCH3 is 1. The smallest absolute Gasteiger partial charge is 0.319 e. The van der Waals surface area contributed by atoms with Crippen molar-refractivity contribution in [1.82, 2.24) is 5.32 Å². The minimum Gasteiger partial charge on any atom is -0.495 e. The fraction of sp³-hybridized carbons (Fsp3) is 0.385. The van der Waals surface area contributed by atoms with Gasteiger partial charge in [-0.1, -0.05) is 11.6 Å². The van der Waals surface area contributed by atoms with Crippen LogP contribution in [0.5, 0.6) is 5.75 Å². The van der Waals surface area contributed by atoms with Crippen LogP contribution in [0.15, 0.2) is 18.2 Å². The lowest BCUT2D eigenvalue weighted by Gasteiger charge is -2.24. The molecule has 0 heterocycles. The molecule has 0 aromatic heterocycles. The van der Waals surface area contributed by atoms with Gasteiger partial charge in [-0.3, -0.25) is 4.79 Å². The summed E-state index contributed by atoms with van der Waals surface area (Å²) in [5.74, 6) is -0.531. The third-order valence-corrected chi connectivity index (χ3v) is 2.69. The molecule has 20 heavy (non-hydrogen) atoms. The van der Waals surface area contributed by atoms with Gasteiger partial charge in [0.1, 0.15) is 5.75 Å². The van der Waals surface area contributed by atoms with Gasteiger partial charge in [0.15, 0.2) is 0 Å². The number of rotatable bonds is 5. The fourth-order valence-electron chi connectivity index (χ4n) is 1.66. The van der Waals surface area contributed by atoms with E-state index in [1.807, 2.05) is 0 Å². The molecule has 0 fully saturated rings. The number of anilines is 1. The van der Waals surface area contributed by atoms with E-state index in [1.165, 1.54) is 7.11 Å². The third-order valence-electron chi connectivity index (χ3n) is 2.45. The van der Waals surface area contributed by atoms with Crippen molar-refractivity contribution in [1.29, 1.82) is 0 Å². The topological polar surface area (TPSA) is 87.7 Å². The van der Waals surface area contributed by atoms with Crippen LogP contribution in [0.25, 0.3) is 0 Å². The molecular weight excluding hydrogens is 284 g/mol. The van der Waals surface area contributed by atoms with Crippen LogP contribution in [-0.2, 0) is 4.79 Å². The predicted octanol–water partition coefficient (Wildman–Crippen LogP) is 2.72. The van der Waals surface area contributed by atoms with Gasteiger partial charge in [0, 0.05) is 10.6 Å². The van der Waals surface area contributed by atoms with Gasteiger partial charge in [-0.2, -0.15) is 0 Å². The zero-order chi connectivity index (χ0) is 15.3. The van der Waals surface area contributed by atoms with Gasteiger partial charge in [-0.15, -0.1) is 0 Å². The second-order valence-electron chi connectivity index (χ2n) is 4.88. The number of carboxylic acid groups (broad SMARTS) is 1. The van der Waals surface area contributed by atoms with E-state index in [0.29, 0.717) is 16.5 Å². The molecule has 0 aliphatic rings. The van der Waals surface area contributed by atoms with Gasteiger partial charge in [0.25, 0.3) is 0 Å². The highest BCUT2D eigenvalue weighted by molar-refractivity contribution is 6.31. The van der Waals surface area contributed by atoms with Crippen LogP contribution >= 0.6 is 11.6 Å². The first kappa shape index (κ1) is 16.1. The second kappa shape index (κ2) is 6.47. The van der Waals surface area contributed by atoms with E-state index >= 15 is 0 Å². The summed E-state index contributed by atoms with van der Waals surface area (Å²) < 4.78 is 5.10. The van der Waals surface area contributed by atoms with Crippen molar-refractivity contribution in [3.63, 3.8) is 0 Å². The Hall–Kier alpha value is -1.95. The van der Waals surface area contributed by atoms with Crippen LogP contribution in [0.2, 0.25) is 5.02 Å².